The van der Waals surface area contributed by atoms with Gasteiger partial charge in [0, 0.05) is 17.7 Å². The molecule has 8 heteroatoms. The number of nitro groups is 1. The lowest BCUT2D eigenvalue weighted by atomic mass is 10.2. The molecule has 0 bridgehead atoms. The summed E-state index contributed by atoms with van der Waals surface area (Å²) in [6.07, 6.45) is 0. The van der Waals surface area contributed by atoms with Crippen LogP contribution < -0.4 is 0 Å². The Hall–Kier alpha value is -1.99. The van der Waals surface area contributed by atoms with E-state index in [1.807, 2.05) is 0 Å². The number of hydrogen-bond donors (Lipinski definition) is 0. The van der Waals surface area contributed by atoms with Crippen LogP contribution in [0.2, 0.25) is 5.15 Å². The lowest BCUT2D eigenvalue weighted by Crippen LogP contribution is -1.98. The highest BCUT2D eigenvalue weighted by molar-refractivity contribution is 7.17. The lowest BCUT2D eigenvalue weighted by molar-refractivity contribution is -0.384. The number of rotatable bonds is 3. The number of halogens is 1. The fraction of sp³-hybridized carbons (Fsp3) is 0.0909. The number of non-ortho nitro benzene ring substituents is 1. The molecule has 0 unspecified atom stereocenters. The molecular weight excluding hydrogens is 292 g/mol. The minimum Gasteiger partial charge on any atom is -0.465 e. The SMILES string of the molecule is COC(=O)c1sc(-c2cccc([N+](=O)[O-])c2)nc1Cl. The number of benzene rings is 1. The minimum absolute atomic E-state index is 0.0263. The van der Waals surface area contributed by atoms with Crippen molar-refractivity contribution in [2.45, 2.75) is 0 Å². The topological polar surface area (TPSA) is 82.3 Å². The van der Waals surface area contributed by atoms with E-state index in [1.165, 1.54) is 19.2 Å². The number of nitro benzene ring substituents is 1. The summed E-state index contributed by atoms with van der Waals surface area (Å²) >= 11 is 6.86. The van der Waals surface area contributed by atoms with E-state index in [4.69, 9.17) is 11.6 Å². The molecule has 2 aromatic rings. The molecule has 0 radical (unpaired) electrons. The van der Waals surface area contributed by atoms with Gasteiger partial charge in [0.25, 0.3) is 5.69 Å². The minimum atomic E-state index is -0.584. The van der Waals surface area contributed by atoms with Crippen LogP contribution in [-0.4, -0.2) is 23.0 Å². The average Bonchev–Trinajstić information content (AvgIpc) is 2.80. The summed E-state index contributed by atoms with van der Waals surface area (Å²) in [6, 6.07) is 5.94. The Morgan fingerprint density at radius 2 is 2.26 bits per heavy atom. The number of hydrogen-bond acceptors (Lipinski definition) is 6. The van der Waals surface area contributed by atoms with Crippen LogP contribution in [0.1, 0.15) is 9.67 Å². The van der Waals surface area contributed by atoms with E-state index >= 15 is 0 Å². The molecule has 0 fully saturated rings. The first-order valence-electron chi connectivity index (χ1n) is 5.02. The van der Waals surface area contributed by atoms with Gasteiger partial charge in [-0.1, -0.05) is 23.7 Å². The Kier molecular flexibility index (Phi) is 3.77. The zero-order chi connectivity index (χ0) is 14.0. The Morgan fingerprint density at radius 3 is 2.89 bits per heavy atom. The van der Waals surface area contributed by atoms with Gasteiger partial charge in [-0.05, 0) is 0 Å². The third-order valence-corrected chi connectivity index (χ3v) is 3.73. The van der Waals surface area contributed by atoms with Gasteiger partial charge in [0.05, 0.1) is 12.0 Å². The molecule has 1 aromatic carbocycles. The number of aromatic nitrogens is 1. The van der Waals surface area contributed by atoms with Crippen LogP contribution in [0, 0.1) is 10.1 Å². The van der Waals surface area contributed by atoms with E-state index in [-0.39, 0.29) is 15.7 Å². The zero-order valence-corrected chi connectivity index (χ0v) is 11.2. The van der Waals surface area contributed by atoms with Gasteiger partial charge >= 0.3 is 5.97 Å². The third-order valence-electron chi connectivity index (χ3n) is 2.26. The molecule has 0 atom stereocenters. The monoisotopic (exact) mass is 298 g/mol. The Balaban J connectivity index is 2.45. The number of esters is 1. The molecule has 0 saturated heterocycles. The number of ether oxygens (including phenoxy) is 1. The van der Waals surface area contributed by atoms with Crippen molar-refractivity contribution < 1.29 is 14.5 Å². The average molecular weight is 299 g/mol. The van der Waals surface area contributed by atoms with E-state index in [0.717, 1.165) is 11.3 Å². The second-order valence-corrected chi connectivity index (χ2v) is 4.80. The van der Waals surface area contributed by atoms with E-state index in [9.17, 15) is 14.9 Å². The molecule has 0 aliphatic heterocycles. The van der Waals surface area contributed by atoms with E-state index < -0.39 is 10.9 Å². The normalized spacial score (nSPS) is 10.2. The fourth-order valence-electron chi connectivity index (χ4n) is 1.40. The molecule has 6 nitrogen and oxygen atoms in total. The van der Waals surface area contributed by atoms with E-state index in [2.05, 4.69) is 9.72 Å². The maximum Gasteiger partial charge on any atom is 0.351 e. The summed E-state index contributed by atoms with van der Waals surface area (Å²) in [5.74, 6) is -0.584. The number of thiazole rings is 1. The molecule has 0 spiro atoms. The summed E-state index contributed by atoms with van der Waals surface area (Å²) in [4.78, 5) is 25.8. The highest BCUT2D eigenvalue weighted by atomic mass is 35.5. The molecule has 2 rings (SSSR count). The Labute approximate surface area is 116 Å². The molecule has 0 N–H and O–H groups in total. The lowest BCUT2D eigenvalue weighted by Gasteiger charge is -1.95. The van der Waals surface area contributed by atoms with Gasteiger partial charge in [0.1, 0.15) is 5.01 Å². The van der Waals surface area contributed by atoms with Gasteiger partial charge in [0.15, 0.2) is 10.0 Å². The molecule has 1 heterocycles. The van der Waals surface area contributed by atoms with Crippen LogP contribution in [0.5, 0.6) is 0 Å². The van der Waals surface area contributed by atoms with Crippen LogP contribution in [-0.2, 0) is 4.74 Å². The first-order chi connectivity index (χ1) is 9.02. The van der Waals surface area contributed by atoms with Gasteiger partial charge in [-0.3, -0.25) is 10.1 Å². The maximum absolute atomic E-state index is 11.4. The van der Waals surface area contributed by atoms with Crippen LogP contribution in [0.4, 0.5) is 5.69 Å². The molecule has 98 valence electrons. The van der Waals surface area contributed by atoms with Gasteiger partial charge in [-0.15, -0.1) is 11.3 Å². The number of carbonyl (C=O) groups is 1. The first kappa shape index (κ1) is 13.4. The van der Waals surface area contributed by atoms with Crippen molar-refractivity contribution in [2.24, 2.45) is 0 Å². The largest absolute Gasteiger partial charge is 0.465 e. The predicted octanol–water partition coefficient (Wildman–Crippen LogP) is 3.16. The van der Waals surface area contributed by atoms with Crippen molar-refractivity contribution in [3.63, 3.8) is 0 Å². The van der Waals surface area contributed by atoms with Crippen molar-refractivity contribution >= 4 is 34.6 Å². The van der Waals surface area contributed by atoms with Gasteiger partial charge in [-0.25, -0.2) is 9.78 Å². The Morgan fingerprint density at radius 1 is 1.53 bits per heavy atom. The van der Waals surface area contributed by atoms with Crippen LogP contribution >= 0.6 is 22.9 Å². The summed E-state index contributed by atoms with van der Waals surface area (Å²) in [5, 5.41) is 11.2. The molecule has 0 amide bonds. The van der Waals surface area contributed by atoms with Gasteiger partial charge in [-0.2, -0.15) is 0 Å². The molecule has 0 saturated carbocycles. The van der Waals surface area contributed by atoms with Crippen LogP contribution in [0.15, 0.2) is 24.3 Å². The Bertz CT molecular complexity index is 656. The standard InChI is InChI=1S/C11H7ClN2O4S/c1-18-11(15)8-9(12)13-10(19-8)6-3-2-4-7(5-6)14(16)17/h2-5H,1H3. The molecule has 19 heavy (non-hydrogen) atoms. The van der Waals surface area contributed by atoms with E-state index in [0.29, 0.717) is 10.6 Å². The van der Waals surface area contributed by atoms with Gasteiger partial charge in [0.2, 0.25) is 0 Å². The summed E-state index contributed by atoms with van der Waals surface area (Å²) in [7, 11) is 1.24. The number of nitrogens with zero attached hydrogens (tertiary/aromatic N) is 2. The zero-order valence-electron chi connectivity index (χ0n) is 9.62. The summed E-state index contributed by atoms with van der Waals surface area (Å²) in [5.41, 5.74) is 0.472. The number of carbonyl (C=O) groups excluding carboxylic acids is 1. The first-order valence-corrected chi connectivity index (χ1v) is 6.22. The van der Waals surface area contributed by atoms with Crippen molar-refractivity contribution in [1.82, 2.24) is 4.98 Å². The second kappa shape index (κ2) is 5.33. The van der Waals surface area contributed by atoms with E-state index in [1.54, 1.807) is 12.1 Å². The quantitative estimate of drug-likeness (QED) is 0.494. The third kappa shape index (κ3) is 2.72. The molecule has 0 aliphatic carbocycles. The fourth-order valence-corrected chi connectivity index (χ4v) is 2.60. The van der Waals surface area contributed by atoms with Crippen molar-refractivity contribution in [2.75, 3.05) is 7.11 Å². The smallest absolute Gasteiger partial charge is 0.351 e. The van der Waals surface area contributed by atoms with Crippen molar-refractivity contribution in [3.8, 4) is 10.6 Å². The molecule has 0 aliphatic rings. The number of methoxy groups -OCH3 is 1. The predicted molar refractivity (Wildman–Crippen MR) is 70.6 cm³/mol. The molecular formula is C11H7ClN2O4S. The highest BCUT2D eigenvalue weighted by Crippen LogP contribution is 2.32. The summed E-state index contributed by atoms with van der Waals surface area (Å²) < 4.78 is 4.57. The molecule has 1 aromatic heterocycles. The van der Waals surface area contributed by atoms with Crippen molar-refractivity contribution in [3.05, 3.63) is 44.4 Å². The summed E-state index contributed by atoms with van der Waals surface area (Å²) in [6.45, 7) is 0. The second-order valence-electron chi connectivity index (χ2n) is 3.44. The van der Waals surface area contributed by atoms with Crippen LogP contribution in [0.3, 0.4) is 0 Å². The highest BCUT2D eigenvalue weighted by Gasteiger charge is 2.19. The maximum atomic E-state index is 11.4. The van der Waals surface area contributed by atoms with Gasteiger partial charge < -0.3 is 4.74 Å². The van der Waals surface area contributed by atoms with Crippen LogP contribution in [0.25, 0.3) is 10.6 Å². The van der Waals surface area contributed by atoms with Crippen molar-refractivity contribution in [1.29, 1.82) is 0 Å².